The first-order valence-electron chi connectivity index (χ1n) is 4.26. The van der Waals surface area contributed by atoms with E-state index in [0.717, 1.165) is 17.8 Å². The van der Waals surface area contributed by atoms with Crippen LogP contribution in [0.4, 0.5) is 0 Å². The zero-order valence-electron chi connectivity index (χ0n) is 7.70. The van der Waals surface area contributed by atoms with Gasteiger partial charge in [-0.1, -0.05) is 11.6 Å². The molecule has 2 aliphatic rings. The summed E-state index contributed by atoms with van der Waals surface area (Å²) in [4.78, 5) is 16.9. The summed E-state index contributed by atoms with van der Waals surface area (Å²) in [6.07, 6.45) is 6.25. The molecule has 72 valence electrons. The summed E-state index contributed by atoms with van der Waals surface area (Å²) >= 11 is 5.84. The number of allylic oxidation sites excluding steroid dienone is 3. The zero-order chi connectivity index (χ0) is 10.1. The number of carbonyl (C=O) groups is 1. The van der Waals surface area contributed by atoms with Gasteiger partial charge in [-0.05, 0) is 19.1 Å². The van der Waals surface area contributed by atoms with Crippen molar-refractivity contribution < 1.29 is 4.79 Å². The number of halogens is 1. The van der Waals surface area contributed by atoms with Gasteiger partial charge in [-0.2, -0.15) is 0 Å². The molecule has 0 N–H and O–H groups in total. The second-order valence-electron chi connectivity index (χ2n) is 3.17. The molecule has 0 unspecified atom stereocenters. The molecule has 0 atom stereocenters. The average molecular weight is 209 g/mol. The van der Waals surface area contributed by atoms with Crippen LogP contribution in [-0.4, -0.2) is 23.6 Å². The van der Waals surface area contributed by atoms with Crippen LogP contribution < -0.4 is 0 Å². The zero-order valence-corrected chi connectivity index (χ0v) is 8.45. The maximum absolute atomic E-state index is 10.7. The molecule has 4 heteroatoms. The van der Waals surface area contributed by atoms with E-state index in [9.17, 15) is 4.79 Å². The van der Waals surface area contributed by atoms with Crippen LogP contribution in [0, 0.1) is 0 Å². The summed E-state index contributed by atoms with van der Waals surface area (Å²) < 4.78 is 0. The topological polar surface area (TPSA) is 32.7 Å². The third-order valence-corrected chi connectivity index (χ3v) is 2.42. The van der Waals surface area contributed by atoms with Crippen molar-refractivity contribution >= 4 is 23.7 Å². The number of aliphatic imine (C=N–C) groups is 1. The Labute approximate surface area is 87.1 Å². The van der Waals surface area contributed by atoms with E-state index in [-0.39, 0.29) is 0 Å². The molecular formula is C10H9ClN2O. The van der Waals surface area contributed by atoms with Gasteiger partial charge >= 0.3 is 0 Å². The Morgan fingerprint density at radius 2 is 2.36 bits per heavy atom. The van der Waals surface area contributed by atoms with Crippen LogP contribution in [0.5, 0.6) is 0 Å². The van der Waals surface area contributed by atoms with Crippen LogP contribution in [0.2, 0.25) is 0 Å². The number of fused-ring (bicyclic) bond motifs is 1. The number of nitrogens with zero attached hydrogens (tertiary/aromatic N) is 2. The Balaban J connectivity index is 2.38. The van der Waals surface area contributed by atoms with Crippen molar-refractivity contribution in [2.75, 3.05) is 6.54 Å². The van der Waals surface area contributed by atoms with Crippen molar-refractivity contribution in [1.29, 1.82) is 0 Å². The van der Waals surface area contributed by atoms with Gasteiger partial charge in [0.2, 0.25) is 0 Å². The number of amidine groups is 1. The van der Waals surface area contributed by atoms with Crippen molar-refractivity contribution in [1.82, 2.24) is 4.90 Å². The molecule has 0 aliphatic carbocycles. The first-order valence-corrected chi connectivity index (χ1v) is 4.64. The molecule has 0 aromatic heterocycles. The Morgan fingerprint density at radius 3 is 3.07 bits per heavy atom. The van der Waals surface area contributed by atoms with Crippen LogP contribution in [0.25, 0.3) is 0 Å². The van der Waals surface area contributed by atoms with Crippen molar-refractivity contribution in [3.63, 3.8) is 0 Å². The highest BCUT2D eigenvalue weighted by Crippen LogP contribution is 2.20. The predicted octanol–water partition coefficient (Wildman–Crippen LogP) is 1.82. The lowest BCUT2D eigenvalue weighted by Gasteiger charge is -2.27. The van der Waals surface area contributed by atoms with Crippen LogP contribution in [0.1, 0.15) is 6.92 Å². The number of hydrogen-bond acceptors (Lipinski definition) is 3. The van der Waals surface area contributed by atoms with Gasteiger partial charge in [0.25, 0.3) is 0 Å². The lowest BCUT2D eigenvalue weighted by atomic mass is 10.1. The maximum Gasteiger partial charge on any atom is 0.149 e. The molecule has 0 aromatic rings. The van der Waals surface area contributed by atoms with Gasteiger partial charge < -0.3 is 4.90 Å². The molecule has 0 amide bonds. The Morgan fingerprint density at radius 1 is 1.57 bits per heavy atom. The van der Waals surface area contributed by atoms with Gasteiger partial charge in [0, 0.05) is 17.5 Å². The summed E-state index contributed by atoms with van der Waals surface area (Å²) in [5.41, 5.74) is 1.48. The van der Waals surface area contributed by atoms with E-state index in [4.69, 9.17) is 11.6 Å². The van der Waals surface area contributed by atoms with Gasteiger partial charge in [-0.3, -0.25) is 4.79 Å². The highest BCUT2D eigenvalue weighted by atomic mass is 35.5. The van der Waals surface area contributed by atoms with Gasteiger partial charge in [0.05, 0.1) is 11.6 Å². The lowest BCUT2D eigenvalue weighted by Crippen LogP contribution is -2.32. The molecule has 0 fully saturated rings. The lowest BCUT2D eigenvalue weighted by molar-refractivity contribution is -0.105. The van der Waals surface area contributed by atoms with Crippen LogP contribution in [0.15, 0.2) is 39.6 Å². The molecule has 0 radical (unpaired) electrons. The molecule has 0 spiro atoms. The van der Waals surface area contributed by atoms with Crippen molar-refractivity contribution in [3.05, 3.63) is 34.7 Å². The Kier molecular flexibility index (Phi) is 2.25. The van der Waals surface area contributed by atoms with Crippen molar-refractivity contribution in [2.45, 2.75) is 6.92 Å². The number of aldehydes is 1. The second-order valence-corrected chi connectivity index (χ2v) is 3.61. The number of rotatable bonds is 1. The molecule has 2 aliphatic heterocycles. The molecule has 2 rings (SSSR count). The Hall–Kier alpha value is -1.35. The fraction of sp³-hybridized carbons (Fsp3) is 0.200. The van der Waals surface area contributed by atoms with E-state index in [0.29, 0.717) is 17.2 Å². The highest BCUT2D eigenvalue weighted by molar-refractivity contribution is 6.32. The van der Waals surface area contributed by atoms with Gasteiger partial charge in [-0.25, -0.2) is 4.99 Å². The van der Waals surface area contributed by atoms with E-state index >= 15 is 0 Å². The first kappa shape index (κ1) is 9.21. The van der Waals surface area contributed by atoms with Gasteiger partial charge in [0.1, 0.15) is 12.1 Å². The predicted molar refractivity (Wildman–Crippen MR) is 56.0 cm³/mol. The molecule has 0 saturated heterocycles. The molecule has 0 bridgehead atoms. The normalized spacial score (nSPS) is 20.3. The van der Waals surface area contributed by atoms with Crippen LogP contribution in [-0.2, 0) is 4.79 Å². The standard InChI is InChI=1S/C10H9ClN2O/c1-7-8(6-14)4-13-5-9(11)2-3-10(13)12-7/h2-3,5-6H,4H2,1H3. The van der Waals surface area contributed by atoms with E-state index in [1.807, 2.05) is 17.9 Å². The van der Waals surface area contributed by atoms with E-state index in [2.05, 4.69) is 4.99 Å². The molecular weight excluding hydrogens is 200 g/mol. The van der Waals surface area contributed by atoms with E-state index in [1.165, 1.54) is 0 Å². The average Bonchev–Trinajstić information content (AvgIpc) is 2.17. The minimum Gasteiger partial charge on any atom is -0.327 e. The molecule has 3 nitrogen and oxygen atoms in total. The fourth-order valence-corrected chi connectivity index (χ4v) is 1.58. The third kappa shape index (κ3) is 1.51. The molecule has 0 saturated carbocycles. The summed E-state index contributed by atoms with van der Waals surface area (Å²) in [6.45, 7) is 2.39. The summed E-state index contributed by atoms with van der Waals surface area (Å²) in [5.74, 6) is 0.831. The number of hydrogen-bond donors (Lipinski definition) is 0. The third-order valence-electron chi connectivity index (χ3n) is 2.19. The second kappa shape index (κ2) is 3.42. The minimum atomic E-state index is 0.550. The van der Waals surface area contributed by atoms with Crippen LogP contribution in [0.3, 0.4) is 0 Å². The van der Waals surface area contributed by atoms with Crippen LogP contribution >= 0.6 is 11.6 Å². The first-order chi connectivity index (χ1) is 6.70. The van der Waals surface area contributed by atoms with Crippen molar-refractivity contribution in [2.24, 2.45) is 4.99 Å². The van der Waals surface area contributed by atoms with Crippen molar-refractivity contribution in [3.8, 4) is 0 Å². The van der Waals surface area contributed by atoms with E-state index in [1.54, 1.807) is 12.3 Å². The number of carbonyl (C=O) groups excluding carboxylic acids is 1. The minimum absolute atomic E-state index is 0.550. The van der Waals surface area contributed by atoms with E-state index < -0.39 is 0 Å². The monoisotopic (exact) mass is 208 g/mol. The Bertz CT molecular complexity index is 404. The van der Waals surface area contributed by atoms with Gasteiger partial charge in [-0.15, -0.1) is 0 Å². The fourth-order valence-electron chi connectivity index (χ4n) is 1.40. The smallest absolute Gasteiger partial charge is 0.149 e. The molecule has 14 heavy (non-hydrogen) atoms. The largest absolute Gasteiger partial charge is 0.327 e. The highest BCUT2D eigenvalue weighted by Gasteiger charge is 2.18. The maximum atomic E-state index is 10.7. The molecule has 2 heterocycles. The SMILES string of the molecule is CC1=C(C=O)CN2C=C(Cl)C=CC2=N1. The summed E-state index contributed by atoms with van der Waals surface area (Å²) in [7, 11) is 0. The molecule has 0 aromatic carbocycles. The van der Waals surface area contributed by atoms with Gasteiger partial charge in [0.15, 0.2) is 0 Å². The summed E-state index contributed by atoms with van der Waals surface area (Å²) in [6, 6.07) is 0. The quantitative estimate of drug-likeness (QED) is 0.616. The summed E-state index contributed by atoms with van der Waals surface area (Å²) in [5, 5.41) is 0.647.